The van der Waals surface area contributed by atoms with Crippen molar-refractivity contribution in [2.24, 2.45) is 10.2 Å². The second kappa shape index (κ2) is 8.30. The van der Waals surface area contributed by atoms with Gasteiger partial charge in [0.1, 0.15) is 11.5 Å². The summed E-state index contributed by atoms with van der Waals surface area (Å²) in [5.41, 5.74) is -1.52. The van der Waals surface area contributed by atoms with Crippen LogP contribution in [0.1, 0.15) is 35.4 Å². The Bertz CT molecular complexity index is 1370. The number of likely N-dealkylation sites (tertiary alicyclic amines) is 1. The van der Waals surface area contributed by atoms with Gasteiger partial charge in [-0.15, -0.1) is 10.2 Å². The summed E-state index contributed by atoms with van der Waals surface area (Å²) in [4.78, 5) is 14.7. The van der Waals surface area contributed by atoms with Crippen LogP contribution in [0.3, 0.4) is 0 Å². The minimum Gasteiger partial charge on any atom is -0.320 e. The zero-order valence-electron chi connectivity index (χ0n) is 18.4. The highest BCUT2D eigenvalue weighted by molar-refractivity contribution is 6.32. The Balaban J connectivity index is 1.83. The van der Waals surface area contributed by atoms with Crippen LogP contribution in [0.25, 0.3) is 0 Å². The second-order valence-corrected chi connectivity index (χ2v) is 8.64. The molecule has 3 heterocycles. The Morgan fingerprint density at radius 2 is 1.71 bits per heavy atom. The zero-order valence-corrected chi connectivity index (χ0v) is 19.1. The third kappa shape index (κ3) is 3.54. The zero-order chi connectivity index (χ0) is 25.0. The van der Waals surface area contributed by atoms with Crippen molar-refractivity contribution in [1.82, 2.24) is 14.7 Å². The summed E-state index contributed by atoms with van der Waals surface area (Å²) in [5.74, 6) is -0.795. The number of nitrogens with zero attached hydrogens (tertiary/aromatic N) is 5. The van der Waals surface area contributed by atoms with E-state index in [1.807, 2.05) is 0 Å². The first-order chi connectivity index (χ1) is 16.7. The molecule has 0 saturated carbocycles. The van der Waals surface area contributed by atoms with Crippen molar-refractivity contribution in [2.75, 3.05) is 6.54 Å². The molecule has 1 fully saturated rings. The van der Waals surface area contributed by atoms with Crippen LogP contribution in [-0.2, 0) is 16.5 Å². The molecule has 2 aliphatic heterocycles. The maximum Gasteiger partial charge on any atom is 0.436 e. The van der Waals surface area contributed by atoms with E-state index in [2.05, 4.69) is 15.3 Å². The van der Waals surface area contributed by atoms with Crippen molar-refractivity contribution in [2.45, 2.75) is 31.5 Å². The Morgan fingerprint density at radius 3 is 2.29 bits per heavy atom. The van der Waals surface area contributed by atoms with Gasteiger partial charge in [-0.25, -0.2) is 9.07 Å². The predicted octanol–water partition coefficient (Wildman–Crippen LogP) is 5.19. The monoisotopic (exact) mass is 503 g/mol. The van der Waals surface area contributed by atoms with Crippen LogP contribution in [0.2, 0.25) is 5.02 Å². The summed E-state index contributed by atoms with van der Waals surface area (Å²) in [6.45, 7) is 1.68. The highest BCUT2D eigenvalue weighted by Gasteiger charge is 2.56. The third-order valence-corrected chi connectivity index (χ3v) is 6.66. The number of hydrogen-bond acceptors (Lipinski definition) is 4. The first kappa shape index (κ1) is 23.2. The van der Waals surface area contributed by atoms with E-state index in [1.54, 1.807) is 30.3 Å². The van der Waals surface area contributed by atoms with Gasteiger partial charge in [0.15, 0.2) is 17.1 Å². The lowest BCUT2D eigenvalue weighted by Gasteiger charge is -2.40. The molecule has 180 valence electrons. The van der Waals surface area contributed by atoms with Crippen molar-refractivity contribution < 1.29 is 22.4 Å². The molecule has 1 saturated heterocycles. The predicted molar refractivity (Wildman–Crippen MR) is 122 cm³/mol. The SMILES string of the molecule is Cc1c(Cl)c(C(F)(F)F)nn1C1=NN=C(c2ccccc2)C1(c1ccc(F)cc1)N1CCCC1=O. The molecular weight excluding hydrogens is 486 g/mol. The van der Waals surface area contributed by atoms with Crippen molar-refractivity contribution in [3.63, 3.8) is 0 Å². The molecule has 0 bridgehead atoms. The van der Waals surface area contributed by atoms with Gasteiger partial charge in [0.2, 0.25) is 5.91 Å². The van der Waals surface area contributed by atoms with E-state index in [-0.39, 0.29) is 23.9 Å². The molecular formula is C24H18ClF4N5O. The Kier molecular flexibility index (Phi) is 5.51. The number of aromatic nitrogens is 2. The van der Waals surface area contributed by atoms with Gasteiger partial charge >= 0.3 is 6.18 Å². The lowest BCUT2D eigenvalue weighted by molar-refractivity contribution is -0.141. The lowest BCUT2D eigenvalue weighted by Crippen LogP contribution is -2.58. The smallest absolute Gasteiger partial charge is 0.320 e. The number of hydrogen-bond donors (Lipinski definition) is 0. The maximum atomic E-state index is 13.9. The second-order valence-electron chi connectivity index (χ2n) is 8.26. The van der Waals surface area contributed by atoms with E-state index in [0.717, 1.165) is 4.68 Å². The number of carbonyl (C=O) groups excluding carboxylic acids is 1. The minimum absolute atomic E-state index is 0.0135. The van der Waals surface area contributed by atoms with Crippen LogP contribution in [0, 0.1) is 12.7 Å². The van der Waals surface area contributed by atoms with Crippen LogP contribution < -0.4 is 0 Å². The van der Waals surface area contributed by atoms with Gasteiger partial charge in [-0.2, -0.15) is 18.3 Å². The fourth-order valence-electron chi connectivity index (χ4n) is 4.64. The quantitative estimate of drug-likeness (QED) is 0.462. The molecule has 0 aliphatic carbocycles. The Hall–Kier alpha value is -3.53. The van der Waals surface area contributed by atoms with Crippen molar-refractivity contribution in [3.05, 3.63) is 88.0 Å². The average Bonchev–Trinajstić information content (AvgIpc) is 3.51. The molecule has 1 unspecified atom stereocenters. The summed E-state index contributed by atoms with van der Waals surface area (Å²) < 4.78 is 55.9. The normalized spacial score (nSPS) is 20.4. The summed E-state index contributed by atoms with van der Waals surface area (Å²) in [5, 5.41) is 11.8. The van der Waals surface area contributed by atoms with E-state index >= 15 is 0 Å². The van der Waals surface area contributed by atoms with Gasteiger partial charge in [-0.05, 0) is 31.0 Å². The van der Waals surface area contributed by atoms with Crippen LogP contribution >= 0.6 is 11.6 Å². The molecule has 0 radical (unpaired) electrons. The van der Waals surface area contributed by atoms with E-state index < -0.39 is 28.2 Å². The summed E-state index contributed by atoms with van der Waals surface area (Å²) >= 11 is 6.05. The van der Waals surface area contributed by atoms with E-state index in [4.69, 9.17) is 11.6 Å². The summed E-state index contributed by atoms with van der Waals surface area (Å²) in [7, 11) is 0. The largest absolute Gasteiger partial charge is 0.436 e. The van der Waals surface area contributed by atoms with Gasteiger partial charge in [-0.3, -0.25) is 4.79 Å². The highest BCUT2D eigenvalue weighted by atomic mass is 35.5. The van der Waals surface area contributed by atoms with E-state index in [0.29, 0.717) is 29.8 Å². The summed E-state index contributed by atoms with van der Waals surface area (Å²) in [6.07, 6.45) is -4.04. The van der Waals surface area contributed by atoms with Crippen molar-refractivity contribution >= 4 is 29.1 Å². The topological polar surface area (TPSA) is 62.9 Å². The van der Waals surface area contributed by atoms with Crippen molar-refractivity contribution in [3.8, 4) is 0 Å². The third-order valence-electron chi connectivity index (χ3n) is 6.21. The Morgan fingerprint density at radius 1 is 1.03 bits per heavy atom. The molecule has 1 atom stereocenters. The lowest BCUT2D eigenvalue weighted by atomic mass is 9.79. The molecule has 1 amide bonds. The molecule has 2 aliphatic rings. The number of halogens is 5. The first-order valence-corrected chi connectivity index (χ1v) is 11.1. The maximum absolute atomic E-state index is 13.9. The van der Waals surface area contributed by atoms with E-state index in [1.165, 1.54) is 36.1 Å². The highest BCUT2D eigenvalue weighted by Crippen LogP contribution is 2.43. The van der Waals surface area contributed by atoms with Crippen LogP contribution in [0.4, 0.5) is 17.6 Å². The fourth-order valence-corrected chi connectivity index (χ4v) is 4.87. The van der Waals surface area contributed by atoms with Gasteiger partial charge in [0, 0.05) is 18.5 Å². The molecule has 11 heteroatoms. The first-order valence-electron chi connectivity index (χ1n) is 10.8. The van der Waals surface area contributed by atoms with Gasteiger partial charge in [-0.1, -0.05) is 54.1 Å². The van der Waals surface area contributed by atoms with Crippen LogP contribution in [0.5, 0.6) is 0 Å². The number of benzene rings is 2. The fraction of sp³-hybridized carbons (Fsp3) is 0.250. The molecule has 1 aromatic heterocycles. The molecule has 5 rings (SSSR count). The minimum atomic E-state index is -4.81. The number of amides is 1. The van der Waals surface area contributed by atoms with E-state index in [9.17, 15) is 22.4 Å². The summed E-state index contributed by atoms with van der Waals surface area (Å²) in [6, 6.07) is 14.3. The average molecular weight is 504 g/mol. The number of alkyl halides is 3. The molecule has 3 aromatic rings. The number of carbonyl (C=O) groups is 1. The molecule has 2 aromatic carbocycles. The van der Waals surface area contributed by atoms with Crippen LogP contribution in [-0.4, -0.2) is 38.7 Å². The molecule has 0 N–H and O–H groups in total. The van der Waals surface area contributed by atoms with Gasteiger partial charge < -0.3 is 4.90 Å². The van der Waals surface area contributed by atoms with Crippen molar-refractivity contribution in [1.29, 1.82) is 0 Å². The number of rotatable bonds is 3. The molecule has 35 heavy (non-hydrogen) atoms. The standard InChI is InChI=1S/C24H18ClF4N5O/c1-14-19(25)21(24(27,28)29)32-34(14)22-23(33-13-5-8-18(33)35,16-9-11-17(26)12-10-16)20(30-31-22)15-6-3-2-4-7-15/h2-4,6-7,9-12H,5,8,13H2,1H3. The molecule has 0 spiro atoms. The van der Waals surface area contributed by atoms with Gasteiger partial charge in [0.25, 0.3) is 0 Å². The van der Waals surface area contributed by atoms with Crippen LogP contribution in [0.15, 0.2) is 64.8 Å². The molecule has 6 nitrogen and oxygen atoms in total. The van der Waals surface area contributed by atoms with Gasteiger partial charge in [0.05, 0.1) is 10.7 Å². The Labute approximate surface area is 202 Å².